The van der Waals surface area contributed by atoms with E-state index in [9.17, 15) is 0 Å². The zero-order valence-corrected chi connectivity index (χ0v) is 11.1. The van der Waals surface area contributed by atoms with Gasteiger partial charge in [0.15, 0.2) is 0 Å². The van der Waals surface area contributed by atoms with Gasteiger partial charge in [-0.1, -0.05) is 48.0 Å². The van der Waals surface area contributed by atoms with Crippen molar-refractivity contribution in [3.05, 3.63) is 47.8 Å². The molecule has 0 bridgehead atoms. The van der Waals surface area contributed by atoms with Crippen LogP contribution in [0, 0.1) is 0 Å². The van der Waals surface area contributed by atoms with Gasteiger partial charge in [-0.05, 0) is 24.1 Å². The van der Waals surface area contributed by atoms with E-state index in [1.54, 1.807) is 0 Å². The smallest absolute Gasteiger partial charge is 0.0737 e. The zero-order valence-electron chi connectivity index (χ0n) is 9.52. The molecule has 84 valence electrons. The van der Waals surface area contributed by atoms with Crippen molar-refractivity contribution in [2.75, 3.05) is 0 Å². The second-order valence-corrected chi connectivity index (χ2v) is 4.66. The lowest BCUT2D eigenvalue weighted by molar-refractivity contribution is 0.731. The van der Waals surface area contributed by atoms with Crippen molar-refractivity contribution in [3.8, 4) is 5.69 Å². The first-order valence-corrected chi connectivity index (χ1v) is 6.54. The van der Waals surface area contributed by atoms with Crippen LogP contribution in [0.3, 0.4) is 0 Å². The first-order valence-electron chi connectivity index (χ1n) is 5.42. The van der Waals surface area contributed by atoms with E-state index in [1.165, 1.54) is 5.69 Å². The third-order valence-corrected chi connectivity index (χ3v) is 3.09. The maximum absolute atomic E-state index is 4.59. The minimum absolute atomic E-state index is 0.473. The molecular weight excluding hydrogens is 264 g/mol. The lowest BCUT2D eigenvalue weighted by Crippen LogP contribution is -2.03. The Labute approximate surface area is 104 Å². The first kappa shape index (κ1) is 11.4. The molecule has 0 aliphatic rings. The monoisotopic (exact) mass is 278 g/mol. The molecule has 0 aliphatic heterocycles. The molecular formula is C13H15BrN2. The second-order valence-electron chi connectivity index (χ2n) is 4.10. The minimum Gasteiger partial charge on any atom is -0.237 e. The Hall–Kier alpha value is -1.09. The van der Waals surface area contributed by atoms with E-state index in [4.69, 9.17) is 0 Å². The van der Waals surface area contributed by atoms with Crippen LogP contribution in [0.4, 0.5) is 0 Å². The van der Waals surface area contributed by atoms with Gasteiger partial charge in [0.25, 0.3) is 0 Å². The highest BCUT2D eigenvalue weighted by Gasteiger charge is 2.11. The second kappa shape index (κ2) is 4.83. The van der Waals surface area contributed by atoms with Gasteiger partial charge in [-0.2, -0.15) is 5.10 Å². The number of halogens is 1. The highest BCUT2D eigenvalue weighted by atomic mass is 79.9. The van der Waals surface area contributed by atoms with Gasteiger partial charge in [-0.3, -0.25) is 0 Å². The zero-order chi connectivity index (χ0) is 11.5. The highest BCUT2D eigenvalue weighted by molar-refractivity contribution is 9.08. The van der Waals surface area contributed by atoms with Gasteiger partial charge in [0, 0.05) is 11.0 Å². The predicted molar refractivity (Wildman–Crippen MR) is 70.3 cm³/mol. The van der Waals surface area contributed by atoms with E-state index < -0.39 is 0 Å². The van der Waals surface area contributed by atoms with Gasteiger partial charge < -0.3 is 0 Å². The Kier molecular flexibility index (Phi) is 3.44. The molecule has 1 heterocycles. The Morgan fingerprint density at radius 2 is 1.94 bits per heavy atom. The average molecular weight is 279 g/mol. The van der Waals surface area contributed by atoms with Crippen molar-refractivity contribution in [2.24, 2.45) is 0 Å². The molecule has 0 spiro atoms. The Balaban J connectivity index is 2.51. The topological polar surface area (TPSA) is 17.8 Å². The van der Waals surface area contributed by atoms with Crippen LogP contribution >= 0.6 is 15.9 Å². The van der Waals surface area contributed by atoms with Gasteiger partial charge in [0.1, 0.15) is 0 Å². The lowest BCUT2D eigenvalue weighted by atomic mass is 10.1. The van der Waals surface area contributed by atoms with Crippen LogP contribution in [0.2, 0.25) is 0 Å². The van der Waals surface area contributed by atoms with Gasteiger partial charge in [-0.15, -0.1) is 0 Å². The van der Waals surface area contributed by atoms with Gasteiger partial charge >= 0.3 is 0 Å². The van der Waals surface area contributed by atoms with E-state index >= 15 is 0 Å². The quantitative estimate of drug-likeness (QED) is 0.779. The van der Waals surface area contributed by atoms with Gasteiger partial charge in [-0.25, -0.2) is 4.68 Å². The molecule has 0 unspecified atom stereocenters. The van der Waals surface area contributed by atoms with Crippen LogP contribution in [-0.4, -0.2) is 9.78 Å². The number of para-hydroxylation sites is 1. The van der Waals surface area contributed by atoms with Gasteiger partial charge in [0.05, 0.1) is 11.4 Å². The molecule has 1 aromatic carbocycles. The molecule has 2 aromatic rings. The summed E-state index contributed by atoms with van der Waals surface area (Å²) < 4.78 is 2.03. The number of hydrogen-bond acceptors (Lipinski definition) is 1. The van der Waals surface area contributed by atoms with E-state index in [1.807, 2.05) is 22.9 Å². The standard InChI is InChI=1S/C13H15BrN2/c1-10(2)13-8-11(9-14)15-16(13)12-6-4-3-5-7-12/h3-8,10H,9H2,1-2H3. The predicted octanol–water partition coefficient (Wildman–Crippen LogP) is 3.89. The Morgan fingerprint density at radius 1 is 1.25 bits per heavy atom. The van der Waals surface area contributed by atoms with Crippen molar-refractivity contribution in [3.63, 3.8) is 0 Å². The van der Waals surface area contributed by atoms with Crippen molar-refractivity contribution < 1.29 is 0 Å². The molecule has 16 heavy (non-hydrogen) atoms. The fraction of sp³-hybridized carbons (Fsp3) is 0.308. The maximum Gasteiger partial charge on any atom is 0.0737 e. The molecule has 0 atom stereocenters. The number of hydrogen-bond donors (Lipinski definition) is 0. The summed E-state index contributed by atoms with van der Waals surface area (Å²) in [6.07, 6.45) is 0. The highest BCUT2D eigenvalue weighted by Crippen LogP contribution is 2.21. The summed E-state index contributed by atoms with van der Waals surface area (Å²) in [6, 6.07) is 12.4. The number of alkyl halides is 1. The SMILES string of the molecule is CC(C)c1cc(CBr)nn1-c1ccccc1. The van der Waals surface area contributed by atoms with E-state index in [0.29, 0.717) is 5.92 Å². The summed E-state index contributed by atoms with van der Waals surface area (Å²) in [5.41, 5.74) is 3.45. The fourth-order valence-electron chi connectivity index (χ4n) is 1.70. The van der Waals surface area contributed by atoms with E-state index in [-0.39, 0.29) is 0 Å². The van der Waals surface area contributed by atoms with Crippen molar-refractivity contribution in [1.29, 1.82) is 0 Å². The third kappa shape index (κ3) is 2.19. The minimum atomic E-state index is 0.473. The normalized spacial score (nSPS) is 11.0. The van der Waals surface area contributed by atoms with E-state index in [0.717, 1.165) is 16.7 Å². The third-order valence-electron chi connectivity index (χ3n) is 2.52. The fourth-order valence-corrected chi connectivity index (χ4v) is 1.97. The molecule has 2 rings (SSSR count). The van der Waals surface area contributed by atoms with Crippen molar-refractivity contribution in [2.45, 2.75) is 25.1 Å². The summed E-state index contributed by atoms with van der Waals surface area (Å²) in [4.78, 5) is 0. The van der Waals surface area contributed by atoms with Crippen molar-refractivity contribution >= 4 is 15.9 Å². The first-order chi connectivity index (χ1) is 7.72. The summed E-state index contributed by atoms with van der Waals surface area (Å²) in [5.74, 6) is 0.473. The number of aromatic nitrogens is 2. The summed E-state index contributed by atoms with van der Waals surface area (Å²) in [7, 11) is 0. The van der Waals surface area contributed by atoms with Crippen LogP contribution in [0.1, 0.15) is 31.2 Å². The van der Waals surface area contributed by atoms with Crippen LogP contribution < -0.4 is 0 Å². The van der Waals surface area contributed by atoms with Crippen LogP contribution in [0.5, 0.6) is 0 Å². The number of benzene rings is 1. The van der Waals surface area contributed by atoms with Crippen molar-refractivity contribution in [1.82, 2.24) is 9.78 Å². The molecule has 0 saturated heterocycles. The lowest BCUT2D eigenvalue weighted by Gasteiger charge is -2.09. The van der Waals surface area contributed by atoms with E-state index in [2.05, 4.69) is 53.1 Å². The molecule has 0 amide bonds. The molecule has 1 aromatic heterocycles. The summed E-state index contributed by atoms with van der Waals surface area (Å²) >= 11 is 3.45. The summed E-state index contributed by atoms with van der Waals surface area (Å²) in [5, 5.41) is 5.39. The molecule has 3 heteroatoms. The number of rotatable bonds is 3. The van der Waals surface area contributed by atoms with Crippen LogP contribution in [-0.2, 0) is 5.33 Å². The molecule has 0 radical (unpaired) electrons. The van der Waals surface area contributed by atoms with Gasteiger partial charge in [0.2, 0.25) is 0 Å². The molecule has 0 aliphatic carbocycles. The van der Waals surface area contributed by atoms with Crippen LogP contribution in [0.25, 0.3) is 5.69 Å². The molecule has 0 N–H and O–H groups in total. The molecule has 2 nitrogen and oxygen atoms in total. The molecule has 0 saturated carbocycles. The van der Waals surface area contributed by atoms with Crippen LogP contribution in [0.15, 0.2) is 36.4 Å². The average Bonchev–Trinajstić information content (AvgIpc) is 2.74. The maximum atomic E-state index is 4.59. The Morgan fingerprint density at radius 3 is 2.50 bits per heavy atom. The number of nitrogens with zero attached hydrogens (tertiary/aromatic N) is 2. The summed E-state index contributed by atoms with van der Waals surface area (Å²) in [6.45, 7) is 4.38. The Bertz CT molecular complexity index is 460. The largest absolute Gasteiger partial charge is 0.237 e. The molecule has 0 fully saturated rings.